The van der Waals surface area contributed by atoms with Gasteiger partial charge in [-0.15, -0.1) is 0 Å². The Hall–Kier alpha value is -1.70. The summed E-state index contributed by atoms with van der Waals surface area (Å²) in [4.78, 5) is 15.6. The predicted molar refractivity (Wildman–Crippen MR) is 63.6 cm³/mol. The van der Waals surface area contributed by atoms with Gasteiger partial charge in [-0.1, -0.05) is 42.5 Å². The lowest BCUT2D eigenvalue weighted by Crippen LogP contribution is -2.02. The molecule has 0 aliphatic carbocycles. The molecule has 1 aromatic rings. The quantitative estimate of drug-likeness (QED) is 0.409. The second kappa shape index (κ2) is 6.71. The van der Waals surface area contributed by atoms with Crippen LogP contribution in [-0.2, 0) is 0 Å². The van der Waals surface area contributed by atoms with E-state index in [0.29, 0.717) is 0 Å². The second-order valence-corrected chi connectivity index (χ2v) is 3.12. The van der Waals surface area contributed by atoms with Crippen LogP contribution in [0.15, 0.2) is 47.5 Å². The number of Topliss-reactive ketones (excluding diaryl/α,β-unsaturated/α-hetero) is 1. The van der Waals surface area contributed by atoms with Gasteiger partial charge in [-0.25, -0.2) is 0 Å². The molecule has 0 heterocycles. The molecule has 2 heteroatoms. The van der Waals surface area contributed by atoms with Gasteiger partial charge in [-0.3, -0.25) is 9.79 Å². The van der Waals surface area contributed by atoms with Crippen LogP contribution in [0.25, 0.3) is 0 Å². The molecule has 0 amide bonds. The summed E-state index contributed by atoms with van der Waals surface area (Å²) in [6, 6.07) is 9.23. The number of nitrogens with zero attached hydrogens (tertiary/aromatic N) is 1. The van der Waals surface area contributed by atoms with E-state index in [0.717, 1.165) is 12.0 Å². The van der Waals surface area contributed by atoms with Gasteiger partial charge in [0.2, 0.25) is 0 Å². The van der Waals surface area contributed by atoms with E-state index in [2.05, 4.69) is 4.99 Å². The highest BCUT2D eigenvalue weighted by atomic mass is 16.1. The van der Waals surface area contributed by atoms with Crippen molar-refractivity contribution < 1.29 is 4.79 Å². The summed E-state index contributed by atoms with van der Waals surface area (Å²) in [5.41, 5.74) is 0.723. The number of hydrogen-bond acceptors (Lipinski definition) is 2. The average molecular weight is 201 g/mol. The first-order chi connectivity index (χ1) is 7.34. The van der Waals surface area contributed by atoms with E-state index < -0.39 is 0 Å². The number of benzene rings is 1. The van der Waals surface area contributed by atoms with Gasteiger partial charge in [0, 0.05) is 18.2 Å². The van der Waals surface area contributed by atoms with Crippen LogP contribution in [0.2, 0.25) is 0 Å². The molecule has 78 valence electrons. The molecular weight excluding hydrogens is 186 g/mol. The summed E-state index contributed by atoms with van der Waals surface area (Å²) < 4.78 is 0. The number of allylic oxidation sites excluding steroid dienone is 2. The van der Waals surface area contributed by atoms with Crippen LogP contribution >= 0.6 is 0 Å². The highest BCUT2D eigenvalue weighted by Gasteiger charge is 2.01. The number of rotatable bonds is 5. The van der Waals surface area contributed by atoms with Gasteiger partial charge in [0.15, 0.2) is 5.78 Å². The maximum atomic E-state index is 11.5. The lowest BCUT2D eigenvalue weighted by atomic mass is 10.1. The Balaban J connectivity index is 2.40. The number of carbonyl (C=O) groups is 1. The van der Waals surface area contributed by atoms with Gasteiger partial charge < -0.3 is 0 Å². The first-order valence-corrected chi connectivity index (χ1v) is 5.02. The number of ketones is 1. The largest absolute Gasteiger partial charge is 0.292 e. The van der Waals surface area contributed by atoms with Gasteiger partial charge in [0.25, 0.3) is 0 Å². The first kappa shape index (κ1) is 11.4. The Morgan fingerprint density at radius 3 is 2.73 bits per heavy atom. The lowest BCUT2D eigenvalue weighted by molar-refractivity contribution is 0.100. The Morgan fingerprint density at radius 1 is 1.33 bits per heavy atom. The van der Waals surface area contributed by atoms with E-state index in [4.69, 9.17) is 0 Å². The van der Waals surface area contributed by atoms with Crippen LogP contribution in [0.1, 0.15) is 23.7 Å². The van der Waals surface area contributed by atoms with Crippen molar-refractivity contribution in [1.29, 1.82) is 0 Å². The highest BCUT2D eigenvalue weighted by molar-refractivity contribution is 5.98. The van der Waals surface area contributed by atoms with Gasteiger partial charge in [0.05, 0.1) is 0 Å². The van der Waals surface area contributed by atoms with Crippen LogP contribution in [0, 0.1) is 0 Å². The molecule has 0 atom stereocenters. The van der Waals surface area contributed by atoms with E-state index in [1.165, 1.54) is 0 Å². The van der Waals surface area contributed by atoms with Crippen molar-refractivity contribution in [2.45, 2.75) is 13.3 Å². The third kappa shape index (κ3) is 4.36. The van der Waals surface area contributed by atoms with E-state index in [1.54, 1.807) is 6.21 Å². The highest BCUT2D eigenvalue weighted by Crippen LogP contribution is 1.99. The van der Waals surface area contributed by atoms with Crippen LogP contribution in [0.3, 0.4) is 0 Å². The molecule has 0 aliphatic heterocycles. The van der Waals surface area contributed by atoms with Gasteiger partial charge in [-0.05, 0) is 6.92 Å². The zero-order chi connectivity index (χ0) is 10.9. The molecule has 1 rings (SSSR count). The Labute approximate surface area is 90.4 Å². The lowest BCUT2D eigenvalue weighted by Gasteiger charge is -1.95. The van der Waals surface area contributed by atoms with Crippen LogP contribution in [0.4, 0.5) is 0 Å². The minimum Gasteiger partial charge on any atom is -0.292 e. The van der Waals surface area contributed by atoms with Crippen LogP contribution < -0.4 is 0 Å². The monoisotopic (exact) mass is 201 g/mol. The summed E-state index contributed by atoms with van der Waals surface area (Å²) in [6.07, 6.45) is 6.51. The minimum absolute atomic E-state index is 0.0623. The van der Waals surface area contributed by atoms with Crippen molar-refractivity contribution in [3.8, 4) is 0 Å². The molecule has 2 nitrogen and oxygen atoms in total. The molecule has 0 aliphatic rings. The van der Waals surface area contributed by atoms with E-state index in [-0.39, 0.29) is 12.3 Å². The zero-order valence-corrected chi connectivity index (χ0v) is 8.89. The molecule has 0 spiro atoms. The molecule has 0 bridgehead atoms. The summed E-state index contributed by atoms with van der Waals surface area (Å²) >= 11 is 0. The molecule has 0 unspecified atom stereocenters. The normalized spacial score (nSPS) is 11.3. The average Bonchev–Trinajstić information content (AvgIpc) is 2.30. The summed E-state index contributed by atoms with van der Waals surface area (Å²) in [5, 5.41) is 0. The Morgan fingerprint density at radius 2 is 2.07 bits per heavy atom. The molecular formula is C13H15NO. The topological polar surface area (TPSA) is 29.4 Å². The van der Waals surface area contributed by atoms with Crippen molar-refractivity contribution in [1.82, 2.24) is 0 Å². The van der Waals surface area contributed by atoms with Gasteiger partial charge in [-0.2, -0.15) is 0 Å². The Kier molecular flexibility index (Phi) is 5.09. The van der Waals surface area contributed by atoms with Crippen molar-refractivity contribution in [3.63, 3.8) is 0 Å². The van der Waals surface area contributed by atoms with E-state index in [9.17, 15) is 4.79 Å². The zero-order valence-electron chi connectivity index (χ0n) is 8.89. The predicted octanol–water partition coefficient (Wildman–Crippen LogP) is 2.91. The molecule has 0 N–H and O–H groups in total. The minimum atomic E-state index is 0.0623. The fraction of sp³-hybridized carbons (Fsp3) is 0.231. The second-order valence-electron chi connectivity index (χ2n) is 3.12. The maximum absolute atomic E-state index is 11.5. The molecule has 0 saturated carbocycles. The molecule has 0 saturated heterocycles. The van der Waals surface area contributed by atoms with Gasteiger partial charge in [0.1, 0.15) is 6.54 Å². The summed E-state index contributed by atoms with van der Waals surface area (Å²) in [6.45, 7) is 2.20. The molecule has 15 heavy (non-hydrogen) atoms. The van der Waals surface area contributed by atoms with Crippen molar-refractivity contribution >= 4 is 12.0 Å². The molecule has 0 fully saturated rings. The molecule has 0 aromatic heterocycles. The smallest absolute Gasteiger partial charge is 0.184 e. The van der Waals surface area contributed by atoms with Crippen LogP contribution in [0.5, 0.6) is 0 Å². The Bertz CT molecular complexity index is 352. The fourth-order valence-corrected chi connectivity index (χ4v) is 1.13. The maximum Gasteiger partial charge on any atom is 0.184 e. The standard InChI is InChI=1S/C13H15NO/c1-2-3-7-10-14-11-13(15)12-8-5-4-6-9-12/h2-6,8-10H,7,11H2,1H3. The molecule has 0 radical (unpaired) electrons. The molecule has 1 aromatic carbocycles. The van der Waals surface area contributed by atoms with Crippen molar-refractivity contribution in [3.05, 3.63) is 48.0 Å². The first-order valence-electron chi connectivity index (χ1n) is 5.02. The van der Waals surface area contributed by atoms with Crippen LogP contribution in [-0.4, -0.2) is 18.5 Å². The number of carbonyl (C=O) groups excluding carboxylic acids is 1. The fourth-order valence-electron chi connectivity index (χ4n) is 1.13. The number of aliphatic imine (C=N–C) groups is 1. The summed E-state index contributed by atoms with van der Waals surface area (Å²) in [5.74, 6) is 0.0623. The number of hydrogen-bond donors (Lipinski definition) is 0. The van der Waals surface area contributed by atoms with E-state index in [1.807, 2.05) is 49.4 Å². The van der Waals surface area contributed by atoms with Crippen molar-refractivity contribution in [2.75, 3.05) is 6.54 Å². The SMILES string of the molecule is CC=CCC=NCC(=O)c1ccccc1. The van der Waals surface area contributed by atoms with Crippen molar-refractivity contribution in [2.24, 2.45) is 4.99 Å². The van der Waals surface area contributed by atoms with Gasteiger partial charge >= 0.3 is 0 Å². The third-order valence-electron chi connectivity index (χ3n) is 1.94. The van der Waals surface area contributed by atoms with E-state index >= 15 is 0 Å². The summed E-state index contributed by atoms with van der Waals surface area (Å²) in [7, 11) is 0. The third-order valence-corrected chi connectivity index (χ3v) is 1.94.